The molecule has 1 amide bonds. The summed E-state index contributed by atoms with van der Waals surface area (Å²) in [6.45, 7) is 2.66. The Morgan fingerprint density at radius 2 is 1.48 bits per heavy atom. The summed E-state index contributed by atoms with van der Waals surface area (Å²) in [6, 6.07) is 11.9. The van der Waals surface area contributed by atoms with Crippen molar-refractivity contribution in [1.29, 1.82) is 0 Å². The van der Waals surface area contributed by atoms with Crippen molar-refractivity contribution in [1.82, 2.24) is 10.2 Å². The van der Waals surface area contributed by atoms with Gasteiger partial charge in [0.1, 0.15) is 0 Å². The van der Waals surface area contributed by atoms with Crippen molar-refractivity contribution >= 4 is 27.4 Å². The zero-order valence-corrected chi connectivity index (χ0v) is 16.3. The van der Waals surface area contributed by atoms with E-state index in [0.717, 1.165) is 0 Å². The Hall–Kier alpha value is -2.71. The molecule has 0 aliphatic carbocycles. The lowest BCUT2D eigenvalue weighted by Gasteiger charge is -2.11. The summed E-state index contributed by atoms with van der Waals surface area (Å²) in [5.41, 5.74) is 1.24. The van der Waals surface area contributed by atoms with Crippen LogP contribution in [0.25, 0.3) is 0 Å². The Kier molecular flexibility index (Phi) is 6.70. The first-order valence-electron chi connectivity index (χ1n) is 8.36. The Balaban J connectivity index is 2.06. The number of nitrogens with zero attached hydrogens (tertiary/aromatic N) is 1. The number of sulfonamides is 1. The van der Waals surface area contributed by atoms with E-state index < -0.39 is 10.0 Å². The third-order valence-electron chi connectivity index (χ3n) is 3.82. The van der Waals surface area contributed by atoms with E-state index in [1.807, 2.05) is 19.0 Å². The van der Waals surface area contributed by atoms with E-state index in [1.54, 1.807) is 12.1 Å². The van der Waals surface area contributed by atoms with Crippen LogP contribution < -0.4 is 10.0 Å². The molecule has 0 aliphatic heterocycles. The second-order valence-corrected chi connectivity index (χ2v) is 8.00. The van der Waals surface area contributed by atoms with Gasteiger partial charge in [-0.05, 0) is 69.6 Å². The minimum Gasteiger partial charge on any atom is -0.351 e. The maximum Gasteiger partial charge on any atom is 0.261 e. The first kappa shape index (κ1) is 20.6. The second-order valence-electron chi connectivity index (χ2n) is 6.32. The van der Waals surface area contributed by atoms with Crippen LogP contribution in [0.5, 0.6) is 0 Å². The van der Waals surface area contributed by atoms with Gasteiger partial charge in [0.15, 0.2) is 5.78 Å². The summed E-state index contributed by atoms with van der Waals surface area (Å²) in [5.74, 6) is -0.350. The quantitative estimate of drug-likeness (QED) is 0.673. The van der Waals surface area contributed by atoms with E-state index in [2.05, 4.69) is 10.0 Å². The zero-order chi connectivity index (χ0) is 20.0. The zero-order valence-electron chi connectivity index (χ0n) is 15.5. The molecule has 0 fully saturated rings. The van der Waals surface area contributed by atoms with Crippen molar-refractivity contribution < 1.29 is 18.0 Å². The van der Waals surface area contributed by atoms with Gasteiger partial charge in [0.05, 0.1) is 4.90 Å². The molecule has 7 nitrogen and oxygen atoms in total. The van der Waals surface area contributed by atoms with Gasteiger partial charge >= 0.3 is 0 Å². The molecular formula is C19H23N3O4S. The number of Topliss-reactive ketones (excluding diaryl/α,β-unsaturated/α-hetero) is 1. The Bertz CT molecular complexity index is 905. The number of ketones is 1. The number of anilines is 1. The summed E-state index contributed by atoms with van der Waals surface area (Å²) in [4.78, 5) is 25.3. The number of carbonyl (C=O) groups excluding carboxylic acids is 2. The fraction of sp³-hybridized carbons (Fsp3) is 0.263. The maximum atomic E-state index is 12.5. The number of benzene rings is 2. The van der Waals surface area contributed by atoms with Crippen LogP contribution in [-0.4, -0.2) is 52.2 Å². The minimum absolute atomic E-state index is 0.0444. The monoisotopic (exact) mass is 389 g/mol. The average Bonchev–Trinajstić information content (AvgIpc) is 2.61. The lowest BCUT2D eigenvalue weighted by molar-refractivity contribution is 0.0950. The van der Waals surface area contributed by atoms with Gasteiger partial charge < -0.3 is 10.2 Å². The summed E-state index contributed by atoms with van der Waals surface area (Å²) in [6.07, 6.45) is 0. The SMILES string of the molecule is CC(=O)c1ccc(NS(=O)(=O)c2ccc(C(=O)NCCN(C)C)cc2)cc1. The van der Waals surface area contributed by atoms with Crippen LogP contribution in [0.15, 0.2) is 53.4 Å². The predicted octanol–water partition coefficient (Wildman–Crippen LogP) is 1.98. The van der Waals surface area contributed by atoms with Gasteiger partial charge in [0.2, 0.25) is 0 Å². The molecule has 0 atom stereocenters. The van der Waals surface area contributed by atoms with Gasteiger partial charge in [0.25, 0.3) is 15.9 Å². The Morgan fingerprint density at radius 3 is 2.00 bits per heavy atom. The molecule has 2 N–H and O–H groups in total. The molecule has 0 radical (unpaired) electrons. The fourth-order valence-corrected chi connectivity index (χ4v) is 3.33. The van der Waals surface area contributed by atoms with E-state index in [-0.39, 0.29) is 16.6 Å². The van der Waals surface area contributed by atoms with E-state index >= 15 is 0 Å². The van der Waals surface area contributed by atoms with E-state index in [4.69, 9.17) is 0 Å². The van der Waals surface area contributed by atoms with Crippen LogP contribution >= 0.6 is 0 Å². The molecule has 27 heavy (non-hydrogen) atoms. The molecule has 0 spiro atoms. The predicted molar refractivity (Wildman–Crippen MR) is 105 cm³/mol. The summed E-state index contributed by atoms with van der Waals surface area (Å²) < 4.78 is 27.4. The highest BCUT2D eigenvalue weighted by atomic mass is 32.2. The summed E-state index contributed by atoms with van der Waals surface area (Å²) in [7, 11) is 0.0280. The molecular weight excluding hydrogens is 366 g/mol. The van der Waals surface area contributed by atoms with Gasteiger partial charge in [-0.25, -0.2) is 8.42 Å². The van der Waals surface area contributed by atoms with Crippen LogP contribution in [-0.2, 0) is 10.0 Å². The topological polar surface area (TPSA) is 95.6 Å². The molecule has 0 aromatic heterocycles. The van der Waals surface area contributed by atoms with Gasteiger partial charge in [-0.1, -0.05) is 0 Å². The van der Waals surface area contributed by atoms with Gasteiger partial charge in [-0.15, -0.1) is 0 Å². The van der Waals surface area contributed by atoms with Crippen molar-refractivity contribution in [3.63, 3.8) is 0 Å². The highest BCUT2D eigenvalue weighted by molar-refractivity contribution is 7.92. The number of carbonyl (C=O) groups is 2. The van der Waals surface area contributed by atoms with Crippen LogP contribution in [0.3, 0.4) is 0 Å². The smallest absolute Gasteiger partial charge is 0.261 e. The van der Waals surface area contributed by atoms with E-state index in [1.165, 1.54) is 43.3 Å². The third-order valence-corrected chi connectivity index (χ3v) is 5.21. The van der Waals surface area contributed by atoms with Crippen molar-refractivity contribution in [3.05, 3.63) is 59.7 Å². The Morgan fingerprint density at radius 1 is 0.926 bits per heavy atom. The number of nitrogens with one attached hydrogen (secondary N) is 2. The number of hydrogen-bond acceptors (Lipinski definition) is 5. The molecule has 8 heteroatoms. The average molecular weight is 389 g/mol. The molecule has 0 heterocycles. The van der Waals surface area contributed by atoms with Gasteiger partial charge in [-0.3, -0.25) is 14.3 Å². The molecule has 2 rings (SSSR count). The van der Waals surface area contributed by atoms with Crippen LogP contribution in [0.4, 0.5) is 5.69 Å². The van der Waals surface area contributed by atoms with Crippen molar-refractivity contribution in [2.75, 3.05) is 31.9 Å². The van der Waals surface area contributed by atoms with Gasteiger partial charge in [-0.2, -0.15) is 0 Å². The summed E-state index contributed by atoms with van der Waals surface area (Å²) >= 11 is 0. The van der Waals surface area contributed by atoms with Crippen molar-refractivity contribution in [2.45, 2.75) is 11.8 Å². The largest absolute Gasteiger partial charge is 0.351 e. The standard InChI is InChI=1S/C19H23N3O4S/c1-14(23)15-4-8-17(9-5-15)21-27(25,26)18-10-6-16(7-11-18)19(24)20-12-13-22(2)3/h4-11,21H,12-13H2,1-3H3,(H,20,24). The molecule has 0 aliphatic rings. The molecule has 0 bridgehead atoms. The molecule has 2 aromatic rings. The van der Waals surface area contributed by atoms with E-state index in [0.29, 0.717) is 29.9 Å². The third kappa shape index (κ3) is 5.90. The van der Waals surface area contributed by atoms with Crippen molar-refractivity contribution in [3.8, 4) is 0 Å². The number of amides is 1. The van der Waals surface area contributed by atoms with Crippen molar-refractivity contribution in [2.24, 2.45) is 0 Å². The highest BCUT2D eigenvalue weighted by Crippen LogP contribution is 2.17. The fourth-order valence-electron chi connectivity index (χ4n) is 2.27. The normalized spacial score (nSPS) is 11.3. The number of rotatable bonds is 8. The lowest BCUT2D eigenvalue weighted by atomic mass is 10.1. The van der Waals surface area contributed by atoms with Crippen LogP contribution in [0.2, 0.25) is 0 Å². The van der Waals surface area contributed by atoms with Gasteiger partial charge in [0, 0.05) is 29.9 Å². The lowest BCUT2D eigenvalue weighted by Crippen LogP contribution is -2.31. The molecule has 0 unspecified atom stereocenters. The maximum absolute atomic E-state index is 12.5. The van der Waals surface area contributed by atoms with Crippen LogP contribution in [0, 0.1) is 0 Å². The minimum atomic E-state index is -3.79. The molecule has 2 aromatic carbocycles. The molecule has 144 valence electrons. The highest BCUT2D eigenvalue weighted by Gasteiger charge is 2.15. The first-order valence-corrected chi connectivity index (χ1v) is 9.84. The number of likely N-dealkylation sites (N-methyl/N-ethyl adjacent to an activating group) is 1. The second kappa shape index (κ2) is 8.79. The Labute approximate surface area is 159 Å². The van der Waals surface area contributed by atoms with Crippen LogP contribution in [0.1, 0.15) is 27.6 Å². The number of hydrogen-bond donors (Lipinski definition) is 2. The van der Waals surface area contributed by atoms with E-state index in [9.17, 15) is 18.0 Å². The molecule has 0 saturated heterocycles. The molecule has 0 saturated carbocycles. The summed E-state index contributed by atoms with van der Waals surface area (Å²) in [5, 5.41) is 2.77. The first-order chi connectivity index (χ1) is 12.7.